The Kier molecular flexibility index (Phi) is 6.18. The molecular formula is C22H18ClN3O5. The van der Waals surface area contributed by atoms with Gasteiger partial charge in [-0.25, -0.2) is 4.79 Å². The zero-order valence-electron chi connectivity index (χ0n) is 16.3. The standard InChI is InChI=1S/C22H18ClN3O5/c23-16-4-2-15(3-5-16)19-8-6-17(30-19)12-24-21(27)14-29-22(28)20-9-7-18(31-20)13-26-11-1-10-25-26/h1-11H,12-14H2,(H,24,27). The molecular weight excluding hydrogens is 422 g/mol. The fraction of sp³-hybridized carbons (Fsp3) is 0.136. The minimum Gasteiger partial charge on any atom is -0.459 e. The molecule has 158 valence electrons. The summed E-state index contributed by atoms with van der Waals surface area (Å²) in [5.41, 5.74) is 0.876. The van der Waals surface area contributed by atoms with Gasteiger partial charge in [0.25, 0.3) is 5.91 Å². The number of nitrogens with zero attached hydrogens (tertiary/aromatic N) is 2. The molecule has 0 unspecified atom stereocenters. The molecule has 8 nitrogen and oxygen atoms in total. The van der Waals surface area contributed by atoms with Crippen LogP contribution >= 0.6 is 11.6 Å². The van der Waals surface area contributed by atoms with Crippen LogP contribution in [0.1, 0.15) is 22.1 Å². The molecule has 3 aromatic heterocycles. The molecule has 0 spiro atoms. The highest BCUT2D eigenvalue weighted by molar-refractivity contribution is 6.30. The van der Waals surface area contributed by atoms with Gasteiger partial charge in [-0.05, 0) is 54.6 Å². The maximum absolute atomic E-state index is 12.1. The lowest BCUT2D eigenvalue weighted by Crippen LogP contribution is -2.28. The zero-order chi connectivity index (χ0) is 21.6. The molecule has 1 N–H and O–H groups in total. The Hall–Kier alpha value is -3.78. The van der Waals surface area contributed by atoms with Crippen molar-refractivity contribution >= 4 is 23.5 Å². The van der Waals surface area contributed by atoms with Crippen molar-refractivity contribution < 1.29 is 23.2 Å². The molecule has 0 bridgehead atoms. The summed E-state index contributed by atoms with van der Waals surface area (Å²) in [6.45, 7) is 0.124. The smallest absolute Gasteiger partial charge is 0.374 e. The highest BCUT2D eigenvalue weighted by atomic mass is 35.5. The Morgan fingerprint density at radius 2 is 1.84 bits per heavy atom. The third-order valence-corrected chi connectivity index (χ3v) is 4.58. The lowest BCUT2D eigenvalue weighted by molar-refractivity contribution is -0.124. The number of halogens is 1. The van der Waals surface area contributed by atoms with Crippen LogP contribution in [0, 0.1) is 0 Å². The summed E-state index contributed by atoms with van der Waals surface area (Å²) in [6, 6.07) is 15.8. The van der Waals surface area contributed by atoms with Gasteiger partial charge in [0.05, 0.1) is 13.1 Å². The summed E-state index contributed by atoms with van der Waals surface area (Å²) in [5.74, 6) is 0.629. The van der Waals surface area contributed by atoms with Crippen LogP contribution in [-0.2, 0) is 22.6 Å². The van der Waals surface area contributed by atoms with Gasteiger partial charge in [-0.15, -0.1) is 0 Å². The maximum Gasteiger partial charge on any atom is 0.374 e. The molecule has 0 aliphatic rings. The molecule has 0 saturated heterocycles. The van der Waals surface area contributed by atoms with E-state index in [1.165, 1.54) is 6.07 Å². The number of benzene rings is 1. The fourth-order valence-corrected chi connectivity index (χ4v) is 2.93. The van der Waals surface area contributed by atoms with Gasteiger partial charge in [-0.2, -0.15) is 5.10 Å². The number of hydrogen-bond donors (Lipinski definition) is 1. The molecule has 1 aromatic carbocycles. The zero-order valence-corrected chi connectivity index (χ0v) is 17.0. The molecule has 4 rings (SSSR count). The minimum absolute atomic E-state index is 0.0218. The first kappa shape index (κ1) is 20.5. The van der Waals surface area contributed by atoms with Crippen LogP contribution < -0.4 is 5.32 Å². The Morgan fingerprint density at radius 1 is 1.03 bits per heavy atom. The SMILES string of the molecule is O=C(COC(=O)c1ccc(Cn2cccn2)o1)NCc1ccc(-c2ccc(Cl)cc2)o1. The van der Waals surface area contributed by atoms with Crippen molar-refractivity contribution in [2.75, 3.05) is 6.61 Å². The largest absolute Gasteiger partial charge is 0.459 e. The Bertz CT molecular complexity index is 1160. The quantitative estimate of drug-likeness (QED) is 0.418. The number of amides is 1. The number of rotatable bonds is 8. The molecule has 0 saturated carbocycles. The molecule has 0 fully saturated rings. The van der Waals surface area contributed by atoms with Crippen LogP contribution in [0.3, 0.4) is 0 Å². The molecule has 0 aliphatic heterocycles. The van der Waals surface area contributed by atoms with Gasteiger partial charge in [0.2, 0.25) is 5.76 Å². The van der Waals surface area contributed by atoms with Crippen LogP contribution in [0.2, 0.25) is 5.02 Å². The van der Waals surface area contributed by atoms with Gasteiger partial charge in [0.1, 0.15) is 17.3 Å². The first-order valence-corrected chi connectivity index (χ1v) is 9.79. The number of ether oxygens (including phenoxy) is 1. The van der Waals surface area contributed by atoms with Crippen LogP contribution in [-0.4, -0.2) is 28.3 Å². The van der Waals surface area contributed by atoms with Crippen molar-refractivity contribution in [3.05, 3.63) is 89.3 Å². The topological polar surface area (TPSA) is 99.5 Å². The summed E-state index contributed by atoms with van der Waals surface area (Å²) < 4.78 is 17.8. The predicted octanol–water partition coefficient (Wildman–Crippen LogP) is 3.91. The first-order chi connectivity index (χ1) is 15.1. The molecule has 0 aliphatic carbocycles. The molecule has 4 aromatic rings. The van der Waals surface area contributed by atoms with Crippen LogP contribution in [0.25, 0.3) is 11.3 Å². The maximum atomic E-state index is 12.1. The molecule has 9 heteroatoms. The van der Waals surface area contributed by atoms with E-state index in [0.29, 0.717) is 28.8 Å². The normalized spacial score (nSPS) is 10.7. The van der Waals surface area contributed by atoms with E-state index in [2.05, 4.69) is 10.4 Å². The van der Waals surface area contributed by atoms with E-state index < -0.39 is 18.5 Å². The summed E-state index contributed by atoms with van der Waals surface area (Å²) in [6.07, 6.45) is 3.43. The van der Waals surface area contributed by atoms with Crippen molar-refractivity contribution in [3.8, 4) is 11.3 Å². The number of hydrogen-bond acceptors (Lipinski definition) is 6. The summed E-state index contributed by atoms with van der Waals surface area (Å²) >= 11 is 5.89. The Morgan fingerprint density at radius 3 is 2.61 bits per heavy atom. The van der Waals surface area contributed by atoms with Crippen LogP contribution in [0.15, 0.2) is 75.8 Å². The third-order valence-electron chi connectivity index (χ3n) is 4.32. The van der Waals surface area contributed by atoms with E-state index in [4.69, 9.17) is 25.2 Å². The van der Waals surface area contributed by atoms with Crippen molar-refractivity contribution in [2.24, 2.45) is 0 Å². The average Bonchev–Trinajstić information content (AvgIpc) is 3.54. The van der Waals surface area contributed by atoms with Gasteiger partial charge >= 0.3 is 5.97 Å². The molecule has 1 amide bonds. The van der Waals surface area contributed by atoms with Crippen LogP contribution in [0.5, 0.6) is 0 Å². The van der Waals surface area contributed by atoms with Gasteiger partial charge in [-0.1, -0.05) is 11.6 Å². The minimum atomic E-state index is -0.718. The van der Waals surface area contributed by atoms with E-state index in [-0.39, 0.29) is 12.3 Å². The molecule has 3 heterocycles. The second-order valence-electron chi connectivity index (χ2n) is 6.60. The monoisotopic (exact) mass is 439 g/mol. The first-order valence-electron chi connectivity index (χ1n) is 9.41. The lowest BCUT2D eigenvalue weighted by atomic mass is 10.2. The van der Waals surface area contributed by atoms with E-state index in [1.807, 2.05) is 18.2 Å². The van der Waals surface area contributed by atoms with Crippen molar-refractivity contribution in [1.82, 2.24) is 15.1 Å². The average molecular weight is 440 g/mol. The predicted molar refractivity (Wildman–Crippen MR) is 111 cm³/mol. The van der Waals surface area contributed by atoms with E-state index in [0.717, 1.165) is 5.56 Å². The van der Waals surface area contributed by atoms with Crippen molar-refractivity contribution in [1.29, 1.82) is 0 Å². The fourth-order valence-electron chi connectivity index (χ4n) is 2.81. The van der Waals surface area contributed by atoms with Gasteiger partial charge in [0, 0.05) is 23.0 Å². The second kappa shape index (κ2) is 9.36. The Balaban J connectivity index is 1.23. The van der Waals surface area contributed by atoms with Gasteiger partial charge < -0.3 is 18.9 Å². The van der Waals surface area contributed by atoms with Crippen molar-refractivity contribution in [2.45, 2.75) is 13.1 Å². The van der Waals surface area contributed by atoms with E-state index in [1.54, 1.807) is 47.4 Å². The molecule has 0 radical (unpaired) electrons. The molecule has 31 heavy (non-hydrogen) atoms. The number of nitrogens with one attached hydrogen (secondary N) is 1. The number of furan rings is 2. The molecule has 0 atom stereocenters. The van der Waals surface area contributed by atoms with E-state index in [9.17, 15) is 9.59 Å². The number of carbonyl (C=O) groups is 2. The number of aromatic nitrogens is 2. The second-order valence-corrected chi connectivity index (χ2v) is 7.03. The lowest BCUT2D eigenvalue weighted by Gasteiger charge is -2.04. The third kappa shape index (κ3) is 5.43. The van der Waals surface area contributed by atoms with Gasteiger partial charge in [0.15, 0.2) is 6.61 Å². The Labute approximate surface area is 182 Å². The summed E-state index contributed by atoms with van der Waals surface area (Å²) in [7, 11) is 0. The van der Waals surface area contributed by atoms with Crippen LogP contribution in [0.4, 0.5) is 0 Å². The number of carbonyl (C=O) groups excluding carboxylic acids is 2. The summed E-state index contributed by atoms with van der Waals surface area (Å²) in [4.78, 5) is 24.1. The van der Waals surface area contributed by atoms with Crippen molar-refractivity contribution in [3.63, 3.8) is 0 Å². The number of esters is 1. The highest BCUT2D eigenvalue weighted by Crippen LogP contribution is 2.23. The summed E-state index contributed by atoms with van der Waals surface area (Å²) in [5, 5.41) is 7.35. The van der Waals surface area contributed by atoms with Gasteiger partial charge in [-0.3, -0.25) is 9.48 Å². The highest BCUT2D eigenvalue weighted by Gasteiger charge is 2.15. The van der Waals surface area contributed by atoms with E-state index >= 15 is 0 Å².